The van der Waals surface area contributed by atoms with E-state index in [0.29, 0.717) is 10.6 Å². The van der Waals surface area contributed by atoms with E-state index in [4.69, 9.17) is 11.6 Å². The predicted octanol–water partition coefficient (Wildman–Crippen LogP) is 5.44. The van der Waals surface area contributed by atoms with Gasteiger partial charge in [-0.05, 0) is 42.2 Å². The molecule has 33 heavy (non-hydrogen) atoms. The molecule has 1 heterocycles. The molecule has 2 aliphatic rings. The molecular formula is C24H24ClN3O4S. The van der Waals surface area contributed by atoms with Crippen LogP contribution < -0.4 is 5.32 Å². The van der Waals surface area contributed by atoms with Crippen LogP contribution in [0.15, 0.2) is 78.8 Å². The normalized spacial score (nSPS) is 21.2. The Bertz CT molecular complexity index is 1250. The van der Waals surface area contributed by atoms with Crippen molar-refractivity contribution in [1.29, 1.82) is 0 Å². The molecule has 2 aromatic carbocycles. The minimum Gasteiger partial charge on any atom is -0.378 e. The summed E-state index contributed by atoms with van der Waals surface area (Å²) in [5, 5.41) is 15.2. The average molecular weight is 486 g/mol. The Labute approximate surface area is 198 Å². The molecule has 0 saturated heterocycles. The molecule has 1 N–H and O–H groups in total. The van der Waals surface area contributed by atoms with E-state index >= 15 is 0 Å². The lowest BCUT2D eigenvalue weighted by atomic mass is 9.77. The summed E-state index contributed by atoms with van der Waals surface area (Å²) in [6.07, 6.45) is 7.97. The molecule has 0 fully saturated rings. The van der Waals surface area contributed by atoms with E-state index in [-0.39, 0.29) is 41.6 Å². The van der Waals surface area contributed by atoms with E-state index in [9.17, 15) is 18.5 Å². The van der Waals surface area contributed by atoms with Gasteiger partial charge in [-0.2, -0.15) is 4.31 Å². The van der Waals surface area contributed by atoms with Crippen LogP contribution in [0.5, 0.6) is 0 Å². The molecule has 9 heteroatoms. The van der Waals surface area contributed by atoms with Gasteiger partial charge in [0.1, 0.15) is 0 Å². The molecule has 172 valence electrons. The van der Waals surface area contributed by atoms with Crippen molar-refractivity contribution in [2.75, 3.05) is 18.4 Å². The highest BCUT2D eigenvalue weighted by atomic mass is 35.5. The third kappa shape index (κ3) is 4.21. The van der Waals surface area contributed by atoms with E-state index in [0.717, 1.165) is 17.7 Å². The second kappa shape index (κ2) is 9.13. The van der Waals surface area contributed by atoms with E-state index in [1.54, 1.807) is 36.4 Å². The Morgan fingerprint density at radius 2 is 1.88 bits per heavy atom. The van der Waals surface area contributed by atoms with Gasteiger partial charge in [0.2, 0.25) is 10.0 Å². The number of rotatable bonds is 8. The summed E-state index contributed by atoms with van der Waals surface area (Å²) in [4.78, 5) is 11.1. The fourth-order valence-corrected chi connectivity index (χ4v) is 6.28. The Morgan fingerprint density at radius 3 is 2.55 bits per heavy atom. The topological polar surface area (TPSA) is 92.5 Å². The maximum Gasteiger partial charge on any atom is 0.269 e. The van der Waals surface area contributed by atoms with Crippen molar-refractivity contribution in [1.82, 2.24) is 4.31 Å². The number of allylic oxidation sites excluding steroid dienone is 2. The van der Waals surface area contributed by atoms with Gasteiger partial charge in [0.15, 0.2) is 0 Å². The highest BCUT2D eigenvalue weighted by Gasteiger charge is 2.40. The van der Waals surface area contributed by atoms with Crippen LogP contribution in [-0.4, -0.2) is 30.7 Å². The predicted molar refractivity (Wildman–Crippen MR) is 130 cm³/mol. The summed E-state index contributed by atoms with van der Waals surface area (Å²) < 4.78 is 27.8. The summed E-state index contributed by atoms with van der Waals surface area (Å²) in [5.74, 6) is 0.0106. The first kappa shape index (κ1) is 23.2. The van der Waals surface area contributed by atoms with Crippen molar-refractivity contribution in [2.45, 2.75) is 23.3 Å². The van der Waals surface area contributed by atoms with Crippen LogP contribution in [0.1, 0.15) is 29.5 Å². The maximum atomic E-state index is 13.2. The molecule has 0 saturated carbocycles. The molecule has 3 atom stereocenters. The monoisotopic (exact) mass is 485 g/mol. The van der Waals surface area contributed by atoms with Gasteiger partial charge in [-0.25, -0.2) is 8.42 Å². The largest absolute Gasteiger partial charge is 0.378 e. The van der Waals surface area contributed by atoms with Crippen LogP contribution in [0.2, 0.25) is 5.02 Å². The standard InChI is InChI=1S/C24H24ClN3O4S/c1-3-12-27(13-4-2)33(31,32)17-9-11-23-20(15-17)18-6-5-7-19(18)24(26-23)21-14-16(28(29)30)8-10-22(21)25/h3-6,8-11,14-15,18-19,24,26H,1-2,7,12-13H2. The van der Waals surface area contributed by atoms with Gasteiger partial charge in [0, 0.05) is 47.4 Å². The number of nitro groups is 1. The second-order valence-corrected chi connectivity index (χ2v) is 10.4. The van der Waals surface area contributed by atoms with Crippen molar-refractivity contribution in [3.8, 4) is 0 Å². The van der Waals surface area contributed by atoms with E-state index < -0.39 is 14.9 Å². The zero-order valence-electron chi connectivity index (χ0n) is 17.9. The van der Waals surface area contributed by atoms with Gasteiger partial charge in [0.25, 0.3) is 5.69 Å². The Morgan fingerprint density at radius 1 is 1.15 bits per heavy atom. The second-order valence-electron chi connectivity index (χ2n) is 8.09. The van der Waals surface area contributed by atoms with Crippen molar-refractivity contribution in [2.24, 2.45) is 5.92 Å². The highest BCUT2D eigenvalue weighted by molar-refractivity contribution is 7.89. The first-order valence-electron chi connectivity index (χ1n) is 10.5. The van der Waals surface area contributed by atoms with Crippen LogP contribution >= 0.6 is 11.6 Å². The van der Waals surface area contributed by atoms with Crippen molar-refractivity contribution in [3.05, 3.63) is 100 Å². The number of halogens is 1. The number of nitro benzene ring substituents is 1. The van der Waals surface area contributed by atoms with Crippen LogP contribution in [0.3, 0.4) is 0 Å². The van der Waals surface area contributed by atoms with Crippen LogP contribution in [-0.2, 0) is 10.0 Å². The number of hydrogen-bond acceptors (Lipinski definition) is 5. The number of benzene rings is 2. The molecule has 1 aliphatic carbocycles. The van der Waals surface area contributed by atoms with Gasteiger partial charge in [-0.1, -0.05) is 35.9 Å². The number of non-ortho nitro benzene ring substituents is 1. The molecule has 0 spiro atoms. The minimum atomic E-state index is -3.73. The number of hydrogen-bond donors (Lipinski definition) is 1. The fourth-order valence-electron chi connectivity index (χ4n) is 4.63. The molecule has 0 bridgehead atoms. The van der Waals surface area contributed by atoms with Crippen molar-refractivity contribution in [3.63, 3.8) is 0 Å². The third-order valence-electron chi connectivity index (χ3n) is 6.16. The highest BCUT2D eigenvalue weighted by Crippen LogP contribution is 2.51. The zero-order valence-corrected chi connectivity index (χ0v) is 19.4. The lowest BCUT2D eigenvalue weighted by Gasteiger charge is -2.38. The van der Waals surface area contributed by atoms with Gasteiger partial charge in [0.05, 0.1) is 15.9 Å². The summed E-state index contributed by atoms with van der Waals surface area (Å²) >= 11 is 6.45. The van der Waals surface area contributed by atoms with Gasteiger partial charge < -0.3 is 5.32 Å². The van der Waals surface area contributed by atoms with Crippen molar-refractivity contribution < 1.29 is 13.3 Å². The fraction of sp³-hybridized carbons (Fsp3) is 0.250. The SMILES string of the molecule is C=CCN(CC=C)S(=O)(=O)c1ccc2c(c1)C1C=CCC1C(c1cc([N+](=O)[O-])ccc1Cl)N2. The number of fused-ring (bicyclic) bond motifs is 3. The third-order valence-corrected chi connectivity index (χ3v) is 8.33. The number of nitrogens with zero attached hydrogens (tertiary/aromatic N) is 2. The molecule has 0 amide bonds. The lowest BCUT2D eigenvalue weighted by molar-refractivity contribution is -0.384. The molecule has 1 aliphatic heterocycles. The Kier molecular flexibility index (Phi) is 6.43. The van der Waals surface area contributed by atoms with E-state index in [2.05, 4.69) is 30.6 Å². The molecule has 2 aromatic rings. The van der Waals surface area contributed by atoms with E-state index in [1.807, 2.05) is 0 Å². The van der Waals surface area contributed by atoms with Crippen LogP contribution in [0.4, 0.5) is 11.4 Å². The first-order chi connectivity index (χ1) is 15.8. The van der Waals surface area contributed by atoms with Gasteiger partial charge >= 0.3 is 0 Å². The van der Waals surface area contributed by atoms with Gasteiger partial charge in [-0.3, -0.25) is 10.1 Å². The molecule has 0 radical (unpaired) electrons. The quantitative estimate of drug-likeness (QED) is 0.305. The average Bonchev–Trinajstić information content (AvgIpc) is 3.28. The van der Waals surface area contributed by atoms with Crippen LogP contribution in [0.25, 0.3) is 0 Å². The lowest BCUT2D eigenvalue weighted by Crippen LogP contribution is -2.32. The molecule has 7 nitrogen and oxygen atoms in total. The molecule has 0 aromatic heterocycles. The van der Waals surface area contributed by atoms with Crippen molar-refractivity contribution >= 4 is 33.0 Å². The number of nitrogens with one attached hydrogen (secondary N) is 1. The van der Waals surface area contributed by atoms with E-state index in [1.165, 1.54) is 16.4 Å². The number of sulfonamides is 1. The maximum absolute atomic E-state index is 13.2. The summed E-state index contributed by atoms with van der Waals surface area (Å²) in [6, 6.07) is 9.26. The summed E-state index contributed by atoms with van der Waals surface area (Å²) in [6.45, 7) is 7.67. The molecule has 3 unspecified atom stereocenters. The first-order valence-corrected chi connectivity index (χ1v) is 12.3. The zero-order chi connectivity index (χ0) is 23.8. The Balaban J connectivity index is 1.75. The molecule has 4 rings (SSSR count). The van der Waals surface area contributed by atoms with Crippen LogP contribution in [0, 0.1) is 16.0 Å². The summed E-state index contributed by atoms with van der Waals surface area (Å²) in [7, 11) is -3.73. The molecular weight excluding hydrogens is 462 g/mol. The Hall–Kier alpha value is -2.94. The van der Waals surface area contributed by atoms with Gasteiger partial charge in [-0.15, -0.1) is 13.2 Å². The summed E-state index contributed by atoms with van der Waals surface area (Å²) in [5.41, 5.74) is 2.31. The smallest absolute Gasteiger partial charge is 0.269 e. The number of anilines is 1. The minimum absolute atomic E-state index is 0.0181.